The highest BCUT2D eigenvalue weighted by atomic mass is 19.1. The minimum absolute atomic E-state index is 0.308. The van der Waals surface area contributed by atoms with Crippen LogP contribution in [0.4, 0.5) is 10.1 Å². The van der Waals surface area contributed by atoms with E-state index in [0.717, 1.165) is 5.69 Å². The number of nitrogens with zero attached hydrogens (tertiary/aromatic N) is 1. The lowest BCUT2D eigenvalue weighted by Gasteiger charge is -2.36. The molecule has 0 radical (unpaired) electrons. The van der Waals surface area contributed by atoms with Crippen LogP contribution in [0.5, 0.6) is 0 Å². The lowest BCUT2D eigenvalue weighted by atomic mass is 9.78. The third-order valence-electron chi connectivity index (χ3n) is 4.34. The van der Waals surface area contributed by atoms with E-state index in [0.29, 0.717) is 29.0 Å². The van der Waals surface area contributed by atoms with Gasteiger partial charge >= 0.3 is 0 Å². The molecule has 102 valence electrons. The van der Waals surface area contributed by atoms with E-state index in [-0.39, 0.29) is 5.82 Å². The maximum atomic E-state index is 13.8. The van der Waals surface area contributed by atoms with Gasteiger partial charge in [-0.25, -0.2) is 4.39 Å². The molecule has 1 N–H and O–H groups in total. The van der Waals surface area contributed by atoms with Gasteiger partial charge in [0.15, 0.2) is 0 Å². The Kier molecular flexibility index (Phi) is 4.09. The van der Waals surface area contributed by atoms with Crippen LogP contribution < -0.4 is 5.32 Å². The Bertz CT molecular complexity index is 494. The summed E-state index contributed by atoms with van der Waals surface area (Å²) in [5, 5.41) is 12.4. The van der Waals surface area contributed by atoms with Crippen molar-refractivity contribution in [1.29, 1.82) is 5.26 Å². The van der Waals surface area contributed by atoms with E-state index < -0.39 is 0 Å². The van der Waals surface area contributed by atoms with E-state index in [9.17, 15) is 4.39 Å². The van der Waals surface area contributed by atoms with Crippen molar-refractivity contribution in [3.63, 3.8) is 0 Å². The number of benzene rings is 1. The van der Waals surface area contributed by atoms with E-state index in [1.807, 2.05) is 6.07 Å². The second kappa shape index (κ2) is 5.61. The Morgan fingerprint density at radius 2 is 1.89 bits per heavy atom. The summed E-state index contributed by atoms with van der Waals surface area (Å²) in [6.07, 6.45) is 3.69. The average Bonchev–Trinajstić information content (AvgIpc) is 2.38. The summed E-state index contributed by atoms with van der Waals surface area (Å²) >= 11 is 0. The van der Waals surface area contributed by atoms with Crippen LogP contribution in [0.2, 0.25) is 0 Å². The van der Waals surface area contributed by atoms with Crippen LogP contribution in [-0.4, -0.2) is 6.04 Å². The van der Waals surface area contributed by atoms with Gasteiger partial charge in [-0.1, -0.05) is 20.3 Å². The highest BCUT2D eigenvalue weighted by Gasteiger charge is 2.28. The van der Waals surface area contributed by atoms with Gasteiger partial charge in [0.2, 0.25) is 0 Å². The smallest absolute Gasteiger partial charge is 0.129 e. The zero-order valence-electron chi connectivity index (χ0n) is 11.8. The van der Waals surface area contributed by atoms with Crippen molar-refractivity contribution in [3.05, 3.63) is 29.1 Å². The molecule has 0 aromatic heterocycles. The van der Waals surface area contributed by atoms with E-state index in [2.05, 4.69) is 19.2 Å². The Hall–Kier alpha value is -1.56. The minimum atomic E-state index is -0.308. The molecule has 0 amide bonds. The first-order valence-electron chi connectivity index (χ1n) is 6.99. The number of anilines is 1. The molecule has 0 heterocycles. The van der Waals surface area contributed by atoms with Gasteiger partial charge in [0.25, 0.3) is 0 Å². The van der Waals surface area contributed by atoms with E-state index in [1.54, 1.807) is 13.0 Å². The van der Waals surface area contributed by atoms with Gasteiger partial charge < -0.3 is 5.32 Å². The molecular weight excluding hydrogens is 239 g/mol. The fraction of sp³-hybridized carbons (Fsp3) is 0.562. The fourth-order valence-corrected chi connectivity index (χ4v) is 3.04. The Morgan fingerprint density at radius 3 is 2.47 bits per heavy atom. The van der Waals surface area contributed by atoms with Crippen LogP contribution in [0.3, 0.4) is 0 Å². The van der Waals surface area contributed by atoms with Gasteiger partial charge in [0.05, 0.1) is 11.6 Å². The summed E-state index contributed by atoms with van der Waals surface area (Å²) in [6, 6.07) is 5.43. The van der Waals surface area contributed by atoms with E-state index >= 15 is 0 Å². The van der Waals surface area contributed by atoms with Gasteiger partial charge in [-0.15, -0.1) is 0 Å². The fourth-order valence-electron chi connectivity index (χ4n) is 3.04. The molecule has 2 unspecified atom stereocenters. The normalized spacial score (nSPS) is 26.8. The summed E-state index contributed by atoms with van der Waals surface area (Å²) in [4.78, 5) is 0. The third kappa shape index (κ3) is 2.89. The summed E-state index contributed by atoms with van der Waals surface area (Å²) in [5.41, 5.74) is 1.74. The number of rotatable bonds is 2. The largest absolute Gasteiger partial charge is 0.381 e. The zero-order valence-corrected chi connectivity index (χ0v) is 11.8. The topological polar surface area (TPSA) is 35.8 Å². The van der Waals surface area contributed by atoms with Gasteiger partial charge in [-0.05, 0) is 43.7 Å². The molecule has 1 aromatic rings. The quantitative estimate of drug-likeness (QED) is 0.863. The lowest BCUT2D eigenvalue weighted by Crippen LogP contribution is -2.37. The Labute approximate surface area is 114 Å². The van der Waals surface area contributed by atoms with Gasteiger partial charge in [0.1, 0.15) is 5.82 Å². The average molecular weight is 260 g/mol. The molecule has 1 aliphatic carbocycles. The molecule has 0 aliphatic heterocycles. The molecule has 19 heavy (non-hydrogen) atoms. The van der Waals surface area contributed by atoms with Crippen LogP contribution >= 0.6 is 0 Å². The minimum Gasteiger partial charge on any atom is -0.381 e. The monoisotopic (exact) mass is 260 g/mol. The van der Waals surface area contributed by atoms with Crippen molar-refractivity contribution in [2.45, 2.75) is 46.1 Å². The van der Waals surface area contributed by atoms with Crippen molar-refractivity contribution in [3.8, 4) is 6.07 Å². The molecule has 1 aromatic carbocycles. The summed E-state index contributed by atoms with van der Waals surface area (Å²) < 4.78 is 13.8. The van der Waals surface area contributed by atoms with Crippen LogP contribution in [-0.2, 0) is 0 Å². The predicted molar refractivity (Wildman–Crippen MR) is 75.4 cm³/mol. The first kappa shape index (κ1) is 13.9. The number of nitrogens with one attached hydrogen (secondary N) is 1. The predicted octanol–water partition coefficient (Wildman–Crippen LogP) is 4.24. The number of hydrogen-bond acceptors (Lipinski definition) is 2. The lowest BCUT2D eigenvalue weighted by molar-refractivity contribution is 0.268. The van der Waals surface area contributed by atoms with Gasteiger partial charge in [-0.2, -0.15) is 5.26 Å². The van der Waals surface area contributed by atoms with Crippen molar-refractivity contribution in [1.82, 2.24) is 0 Å². The van der Waals surface area contributed by atoms with Crippen LogP contribution in [0.1, 0.15) is 44.2 Å². The highest BCUT2D eigenvalue weighted by Crippen LogP contribution is 2.32. The number of nitriles is 1. The van der Waals surface area contributed by atoms with Crippen molar-refractivity contribution in [2.75, 3.05) is 5.32 Å². The molecule has 2 nitrogen and oxygen atoms in total. The third-order valence-corrected chi connectivity index (χ3v) is 4.34. The first-order valence-corrected chi connectivity index (χ1v) is 6.99. The van der Waals surface area contributed by atoms with Crippen LogP contribution in [0.15, 0.2) is 12.1 Å². The van der Waals surface area contributed by atoms with Crippen molar-refractivity contribution >= 4 is 5.69 Å². The van der Waals surface area contributed by atoms with Crippen molar-refractivity contribution in [2.24, 2.45) is 11.8 Å². The summed E-state index contributed by atoms with van der Waals surface area (Å²) in [7, 11) is 0. The molecular formula is C16H21FN2. The molecule has 3 heteroatoms. The molecule has 0 saturated heterocycles. The maximum absolute atomic E-state index is 13.8. The van der Waals surface area contributed by atoms with E-state index in [4.69, 9.17) is 5.26 Å². The molecule has 1 aliphatic rings. The molecule has 1 fully saturated rings. The molecule has 1 saturated carbocycles. The molecule has 2 rings (SSSR count). The summed E-state index contributed by atoms with van der Waals surface area (Å²) in [6.45, 7) is 6.25. The second-order valence-electron chi connectivity index (χ2n) is 5.80. The number of halogens is 1. The second-order valence-corrected chi connectivity index (χ2v) is 5.80. The summed E-state index contributed by atoms with van der Waals surface area (Å²) in [5.74, 6) is 0.853. The molecule has 0 spiro atoms. The molecule has 0 bridgehead atoms. The number of hydrogen-bond donors (Lipinski definition) is 1. The SMILES string of the molecule is Cc1c(F)cc(C#N)cc1NC1C(C)CCCC1C. The van der Waals surface area contributed by atoms with E-state index in [1.165, 1.54) is 25.3 Å². The standard InChI is InChI=1S/C16H21FN2/c1-10-5-4-6-11(2)16(10)19-15-8-13(9-18)7-14(17)12(15)3/h7-8,10-11,16,19H,4-6H2,1-3H3. The Balaban J connectivity index is 2.27. The Morgan fingerprint density at radius 1 is 1.26 bits per heavy atom. The zero-order chi connectivity index (χ0) is 14.0. The first-order chi connectivity index (χ1) is 9.02. The highest BCUT2D eigenvalue weighted by molar-refractivity contribution is 5.56. The van der Waals surface area contributed by atoms with Gasteiger partial charge in [-0.3, -0.25) is 0 Å². The molecule has 2 atom stereocenters. The van der Waals surface area contributed by atoms with Gasteiger partial charge in [0, 0.05) is 17.3 Å². The maximum Gasteiger partial charge on any atom is 0.129 e. The van der Waals surface area contributed by atoms with Crippen LogP contribution in [0.25, 0.3) is 0 Å². The van der Waals surface area contributed by atoms with Crippen molar-refractivity contribution < 1.29 is 4.39 Å². The van der Waals surface area contributed by atoms with Crippen LogP contribution in [0, 0.1) is 35.9 Å².